The van der Waals surface area contributed by atoms with E-state index in [1.54, 1.807) is 0 Å². The molecule has 0 heterocycles. The maximum Gasteiger partial charge on any atom is 0.0559 e. The van der Waals surface area contributed by atoms with Gasteiger partial charge in [-0.1, -0.05) is 6.04 Å². The molecule has 0 aromatic carbocycles. The predicted octanol–water partition coefficient (Wildman–Crippen LogP) is -0.829. The molecule has 1 unspecified atom stereocenters. The third-order valence-electron chi connectivity index (χ3n) is 1.000. The number of rotatable bonds is 4. The SMILES string of the molecule is OCCC(O)CC[SiH2]. The summed E-state index contributed by atoms with van der Waals surface area (Å²) in [5.74, 6) is 0. The van der Waals surface area contributed by atoms with Crippen molar-refractivity contribution in [2.75, 3.05) is 6.61 Å². The first-order valence-corrected chi connectivity index (χ1v) is 3.89. The molecule has 0 spiro atoms. The normalized spacial score (nSPS) is 13.9. The van der Waals surface area contributed by atoms with Gasteiger partial charge in [-0.2, -0.15) is 0 Å². The van der Waals surface area contributed by atoms with Gasteiger partial charge in [-0.25, -0.2) is 0 Å². The van der Waals surface area contributed by atoms with Crippen molar-refractivity contribution in [2.45, 2.75) is 25.0 Å². The van der Waals surface area contributed by atoms with Crippen LogP contribution in [-0.2, 0) is 0 Å². The van der Waals surface area contributed by atoms with Crippen molar-refractivity contribution in [1.82, 2.24) is 0 Å². The van der Waals surface area contributed by atoms with Gasteiger partial charge in [0.1, 0.15) is 0 Å². The fraction of sp³-hybridized carbons (Fsp3) is 1.00. The van der Waals surface area contributed by atoms with Crippen LogP contribution in [0.4, 0.5) is 0 Å². The van der Waals surface area contributed by atoms with Crippen LogP contribution in [-0.4, -0.2) is 33.2 Å². The molecule has 0 saturated carbocycles. The van der Waals surface area contributed by atoms with Crippen LogP contribution in [0.3, 0.4) is 0 Å². The van der Waals surface area contributed by atoms with E-state index in [0.29, 0.717) is 6.42 Å². The van der Waals surface area contributed by atoms with E-state index in [-0.39, 0.29) is 12.7 Å². The maximum atomic E-state index is 8.89. The second kappa shape index (κ2) is 5.28. The van der Waals surface area contributed by atoms with Crippen LogP contribution >= 0.6 is 0 Å². The van der Waals surface area contributed by atoms with Crippen molar-refractivity contribution in [3.8, 4) is 0 Å². The van der Waals surface area contributed by atoms with Gasteiger partial charge in [0, 0.05) is 16.8 Å². The molecule has 0 amide bonds. The average Bonchev–Trinajstić information content (AvgIpc) is 1.68. The zero-order valence-electron chi connectivity index (χ0n) is 5.01. The van der Waals surface area contributed by atoms with Gasteiger partial charge in [0.25, 0.3) is 0 Å². The Hall–Kier alpha value is 0.137. The Bertz CT molecular complexity index is 43.7. The van der Waals surface area contributed by atoms with Gasteiger partial charge in [-0.3, -0.25) is 0 Å². The Balaban J connectivity index is 2.92. The van der Waals surface area contributed by atoms with Crippen LogP contribution in [0.25, 0.3) is 0 Å². The number of hydrogen-bond acceptors (Lipinski definition) is 2. The smallest absolute Gasteiger partial charge is 0.0559 e. The molecule has 49 valence electrons. The molecule has 3 heteroatoms. The zero-order valence-corrected chi connectivity index (χ0v) is 6.42. The Morgan fingerprint density at radius 2 is 2.00 bits per heavy atom. The summed E-state index contributed by atoms with van der Waals surface area (Å²) < 4.78 is 0. The Labute approximate surface area is 53.0 Å². The molecule has 1 radical (unpaired) electrons. The van der Waals surface area contributed by atoms with Crippen LogP contribution in [0, 0.1) is 0 Å². The maximum absolute atomic E-state index is 8.89. The summed E-state index contributed by atoms with van der Waals surface area (Å²) in [4.78, 5) is 0. The third kappa shape index (κ3) is 4.30. The topological polar surface area (TPSA) is 40.5 Å². The Morgan fingerprint density at radius 1 is 1.38 bits per heavy atom. The molecule has 2 nitrogen and oxygen atoms in total. The molecule has 0 aromatic heterocycles. The number of aliphatic hydroxyl groups excluding tert-OH is 2. The molecule has 0 aliphatic rings. The Kier molecular flexibility index (Phi) is 5.37. The molecule has 0 saturated heterocycles. The van der Waals surface area contributed by atoms with Gasteiger partial charge < -0.3 is 10.2 Å². The molecule has 0 aromatic rings. The van der Waals surface area contributed by atoms with Crippen LogP contribution in [0.2, 0.25) is 6.04 Å². The fourth-order valence-corrected chi connectivity index (χ4v) is 1.00. The molecule has 0 bridgehead atoms. The first kappa shape index (κ1) is 8.14. The summed E-state index contributed by atoms with van der Waals surface area (Å²) in [7, 11) is 1.84. The van der Waals surface area contributed by atoms with Crippen molar-refractivity contribution in [1.29, 1.82) is 0 Å². The molecule has 0 rings (SSSR count). The molecule has 1 atom stereocenters. The van der Waals surface area contributed by atoms with Crippen LogP contribution in [0.1, 0.15) is 12.8 Å². The predicted molar refractivity (Wildman–Crippen MR) is 35.7 cm³/mol. The van der Waals surface area contributed by atoms with E-state index >= 15 is 0 Å². The van der Waals surface area contributed by atoms with E-state index in [1.807, 2.05) is 10.2 Å². The van der Waals surface area contributed by atoms with Gasteiger partial charge >= 0.3 is 0 Å². The largest absolute Gasteiger partial charge is 0.396 e. The van der Waals surface area contributed by atoms with Gasteiger partial charge in [0.05, 0.1) is 6.10 Å². The minimum atomic E-state index is -0.280. The number of hydrogen-bond donors (Lipinski definition) is 2. The minimum absolute atomic E-state index is 0.101. The first-order chi connectivity index (χ1) is 3.81. The lowest BCUT2D eigenvalue weighted by Crippen LogP contribution is -2.07. The quantitative estimate of drug-likeness (QED) is 0.491. The summed E-state index contributed by atoms with van der Waals surface area (Å²) in [5.41, 5.74) is 0. The van der Waals surface area contributed by atoms with Crippen LogP contribution < -0.4 is 0 Å². The van der Waals surface area contributed by atoms with Crippen molar-refractivity contribution in [3.05, 3.63) is 0 Å². The van der Waals surface area contributed by atoms with Gasteiger partial charge in [-0.05, 0) is 12.8 Å². The van der Waals surface area contributed by atoms with E-state index in [1.165, 1.54) is 0 Å². The molecular formula is C5H13O2Si. The summed E-state index contributed by atoms with van der Waals surface area (Å²) >= 11 is 0. The summed E-state index contributed by atoms with van der Waals surface area (Å²) in [5, 5.41) is 17.2. The highest BCUT2D eigenvalue weighted by atomic mass is 28.1. The standard InChI is InChI=1S/C5H13O2Si/c6-3-1-5(7)2-4-8/h5-7H,1-4,8H2. The number of aliphatic hydroxyl groups is 2. The zero-order chi connectivity index (χ0) is 6.41. The summed E-state index contributed by atoms with van der Waals surface area (Å²) in [6, 6.07) is 1.02. The molecule has 8 heavy (non-hydrogen) atoms. The lowest BCUT2D eigenvalue weighted by atomic mass is 10.2. The van der Waals surface area contributed by atoms with Gasteiger partial charge in [-0.15, -0.1) is 0 Å². The van der Waals surface area contributed by atoms with Crippen molar-refractivity contribution >= 4 is 10.2 Å². The highest BCUT2D eigenvalue weighted by Crippen LogP contribution is 1.97. The van der Waals surface area contributed by atoms with Crippen molar-refractivity contribution < 1.29 is 10.2 Å². The second-order valence-corrected chi connectivity index (χ2v) is 2.52. The summed E-state index contributed by atoms with van der Waals surface area (Å²) in [6.45, 7) is 0.101. The van der Waals surface area contributed by atoms with Gasteiger partial charge in [0.15, 0.2) is 0 Å². The van der Waals surface area contributed by atoms with E-state index in [4.69, 9.17) is 10.2 Å². The van der Waals surface area contributed by atoms with E-state index in [2.05, 4.69) is 0 Å². The van der Waals surface area contributed by atoms with Crippen molar-refractivity contribution in [3.63, 3.8) is 0 Å². The Morgan fingerprint density at radius 3 is 2.38 bits per heavy atom. The van der Waals surface area contributed by atoms with E-state index < -0.39 is 0 Å². The molecule has 2 N–H and O–H groups in total. The molecule has 0 fully saturated rings. The monoisotopic (exact) mass is 133 g/mol. The highest BCUT2D eigenvalue weighted by molar-refractivity contribution is 6.08. The molecule has 0 aliphatic carbocycles. The summed E-state index contributed by atoms with van der Waals surface area (Å²) in [6.07, 6.45) is 1.06. The van der Waals surface area contributed by atoms with Crippen molar-refractivity contribution in [2.24, 2.45) is 0 Å². The lowest BCUT2D eigenvalue weighted by Gasteiger charge is -2.04. The first-order valence-electron chi connectivity index (χ1n) is 2.89. The van der Waals surface area contributed by atoms with E-state index in [9.17, 15) is 0 Å². The lowest BCUT2D eigenvalue weighted by molar-refractivity contribution is 0.130. The van der Waals surface area contributed by atoms with Gasteiger partial charge in [0.2, 0.25) is 0 Å². The van der Waals surface area contributed by atoms with E-state index in [0.717, 1.165) is 12.5 Å². The minimum Gasteiger partial charge on any atom is -0.396 e. The fourth-order valence-electron chi connectivity index (χ4n) is 0.529. The molecule has 0 aliphatic heterocycles. The highest BCUT2D eigenvalue weighted by Gasteiger charge is 1.98. The van der Waals surface area contributed by atoms with Crippen LogP contribution in [0.15, 0.2) is 0 Å². The van der Waals surface area contributed by atoms with Crippen LogP contribution in [0.5, 0.6) is 0 Å². The third-order valence-corrected chi connectivity index (χ3v) is 1.41. The second-order valence-electron chi connectivity index (χ2n) is 1.81. The average molecular weight is 133 g/mol. The molecular weight excluding hydrogens is 120 g/mol.